The third-order valence-corrected chi connectivity index (χ3v) is 6.17. The van der Waals surface area contributed by atoms with Crippen molar-refractivity contribution in [2.75, 3.05) is 31.6 Å². The molecule has 0 bridgehead atoms. The van der Waals surface area contributed by atoms with Gasteiger partial charge in [-0.05, 0) is 17.7 Å². The summed E-state index contributed by atoms with van der Waals surface area (Å²) in [5.74, 6) is -1.42. The van der Waals surface area contributed by atoms with Crippen molar-refractivity contribution in [3.8, 4) is 11.1 Å². The molecule has 2 heterocycles. The lowest BCUT2D eigenvalue weighted by atomic mass is 10.0. The first-order chi connectivity index (χ1) is 17.1. The fraction of sp³-hybridized carbons (Fsp3) is 0.179. The van der Waals surface area contributed by atoms with Crippen LogP contribution in [0.3, 0.4) is 0 Å². The lowest BCUT2D eigenvalue weighted by molar-refractivity contribution is -0.135. The van der Waals surface area contributed by atoms with Crippen molar-refractivity contribution in [1.29, 1.82) is 0 Å². The summed E-state index contributed by atoms with van der Waals surface area (Å²) < 4.78 is 7.07. The molecule has 4 aromatic rings. The molecule has 1 fully saturated rings. The molecule has 1 aliphatic rings. The lowest BCUT2D eigenvalue weighted by Crippen LogP contribution is -2.42. The van der Waals surface area contributed by atoms with Gasteiger partial charge in [-0.15, -0.1) is 0 Å². The Bertz CT molecular complexity index is 1390. The van der Waals surface area contributed by atoms with E-state index in [1.165, 1.54) is 0 Å². The second-order valence-electron chi connectivity index (χ2n) is 8.38. The van der Waals surface area contributed by atoms with Crippen LogP contribution in [-0.4, -0.2) is 53.4 Å². The van der Waals surface area contributed by atoms with E-state index in [9.17, 15) is 14.4 Å². The fourth-order valence-electron chi connectivity index (χ4n) is 4.38. The second kappa shape index (κ2) is 9.95. The normalized spacial score (nSPS) is 13.5. The summed E-state index contributed by atoms with van der Waals surface area (Å²) in [5.41, 5.74) is 3.32. The molecule has 7 nitrogen and oxygen atoms in total. The van der Waals surface area contributed by atoms with Gasteiger partial charge in [-0.2, -0.15) is 0 Å². The number of fused-ring (bicyclic) bond motifs is 1. The number of hydrogen-bond donors (Lipinski definition) is 1. The predicted molar refractivity (Wildman–Crippen MR) is 134 cm³/mol. The minimum Gasteiger partial charge on any atom is -0.378 e. The number of carbonyl (C=O) groups excluding carboxylic acids is 3. The summed E-state index contributed by atoms with van der Waals surface area (Å²) in [4.78, 5) is 40.9. The number of anilines is 1. The van der Waals surface area contributed by atoms with E-state index in [0.29, 0.717) is 37.4 Å². The van der Waals surface area contributed by atoms with E-state index in [4.69, 9.17) is 4.74 Å². The number of carbonyl (C=O) groups is 3. The van der Waals surface area contributed by atoms with Crippen LogP contribution in [0.25, 0.3) is 22.0 Å². The van der Waals surface area contributed by atoms with Crippen molar-refractivity contribution >= 4 is 34.2 Å². The van der Waals surface area contributed by atoms with Gasteiger partial charge in [-0.3, -0.25) is 14.4 Å². The molecule has 2 amide bonds. The molecular weight excluding hydrogens is 442 g/mol. The maximum Gasteiger partial charge on any atom is 0.296 e. The van der Waals surface area contributed by atoms with Crippen LogP contribution in [0.15, 0.2) is 85.1 Å². The Hall–Kier alpha value is -4.23. The number of amides is 2. The zero-order chi connectivity index (χ0) is 24.2. The second-order valence-corrected chi connectivity index (χ2v) is 8.38. The van der Waals surface area contributed by atoms with E-state index in [0.717, 1.165) is 16.6 Å². The van der Waals surface area contributed by atoms with Gasteiger partial charge < -0.3 is 19.5 Å². The molecule has 1 aromatic heterocycles. The summed E-state index contributed by atoms with van der Waals surface area (Å²) in [7, 11) is 0. The van der Waals surface area contributed by atoms with Crippen LogP contribution in [0.5, 0.6) is 0 Å². The highest BCUT2D eigenvalue weighted by molar-refractivity contribution is 6.48. The van der Waals surface area contributed by atoms with Crippen LogP contribution in [0.4, 0.5) is 5.69 Å². The Morgan fingerprint density at radius 3 is 2.31 bits per heavy atom. The molecule has 0 radical (unpaired) electrons. The molecule has 3 aromatic carbocycles. The van der Waals surface area contributed by atoms with Gasteiger partial charge in [-0.1, -0.05) is 66.7 Å². The monoisotopic (exact) mass is 467 g/mol. The number of ketones is 1. The lowest BCUT2D eigenvalue weighted by Gasteiger charge is -2.27. The third kappa shape index (κ3) is 4.72. The quantitative estimate of drug-likeness (QED) is 0.344. The van der Waals surface area contributed by atoms with Gasteiger partial charge >= 0.3 is 0 Å². The van der Waals surface area contributed by atoms with Crippen LogP contribution in [0.2, 0.25) is 0 Å². The number of morpholine rings is 1. The average molecular weight is 468 g/mol. The van der Waals surface area contributed by atoms with Crippen LogP contribution in [-0.2, 0) is 20.9 Å². The van der Waals surface area contributed by atoms with Crippen LogP contribution in [0.1, 0.15) is 10.4 Å². The molecule has 1 N–H and O–H groups in total. The number of aromatic nitrogens is 1. The Balaban J connectivity index is 1.41. The molecule has 0 spiro atoms. The molecule has 5 rings (SSSR count). The molecule has 35 heavy (non-hydrogen) atoms. The van der Waals surface area contributed by atoms with Crippen molar-refractivity contribution in [3.05, 3.63) is 90.6 Å². The Kier molecular flexibility index (Phi) is 6.41. The largest absolute Gasteiger partial charge is 0.378 e. The number of hydrogen-bond acceptors (Lipinski definition) is 4. The molecular formula is C28H25N3O4. The third-order valence-electron chi connectivity index (χ3n) is 6.17. The number of ether oxygens (including phenoxy) is 1. The SMILES string of the molecule is O=C(Nc1ccccc1-c1ccccc1)C(=O)c1cn(CC(=O)N2CCOCC2)c2ccccc12. The van der Waals surface area contributed by atoms with E-state index in [1.54, 1.807) is 27.8 Å². The van der Waals surface area contributed by atoms with Gasteiger partial charge in [0.1, 0.15) is 6.54 Å². The van der Waals surface area contributed by atoms with E-state index in [1.807, 2.05) is 66.7 Å². The van der Waals surface area contributed by atoms with Gasteiger partial charge in [0.05, 0.1) is 18.8 Å². The molecule has 0 saturated carbocycles. The first kappa shape index (κ1) is 22.6. The van der Waals surface area contributed by atoms with Crippen molar-refractivity contribution in [3.63, 3.8) is 0 Å². The standard InChI is InChI=1S/C28H25N3O4/c32-26(30-14-16-35-17-15-30)19-31-18-23(22-11-5-7-13-25(22)31)27(33)28(34)29-24-12-6-4-10-21(24)20-8-2-1-3-9-20/h1-13,18H,14-17,19H2,(H,29,34). The average Bonchev–Trinajstić information content (AvgIpc) is 3.27. The highest BCUT2D eigenvalue weighted by Crippen LogP contribution is 2.28. The molecule has 0 aliphatic carbocycles. The molecule has 7 heteroatoms. The Labute approximate surface area is 202 Å². The highest BCUT2D eigenvalue weighted by atomic mass is 16.5. The first-order valence-corrected chi connectivity index (χ1v) is 11.6. The number of rotatable bonds is 6. The van der Waals surface area contributed by atoms with E-state index in [2.05, 4.69) is 5.32 Å². The molecule has 1 aliphatic heterocycles. The predicted octanol–water partition coefficient (Wildman–Crippen LogP) is 3.99. The summed E-state index contributed by atoms with van der Waals surface area (Å²) in [5, 5.41) is 3.42. The smallest absolute Gasteiger partial charge is 0.296 e. The summed E-state index contributed by atoms with van der Waals surface area (Å²) >= 11 is 0. The van der Waals surface area contributed by atoms with Crippen LogP contribution < -0.4 is 5.32 Å². The molecule has 0 atom stereocenters. The Morgan fingerprint density at radius 1 is 0.829 bits per heavy atom. The minimum atomic E-state index is -0.726. The zero-order valence-electron chi connectivity index (χ0n) is 19.1. The van der Waals surface area contributed by atoms with Gasteiger partial charge in [0.15, 0.2) is 0 Å². The molecule has 0 unspecified atom stereocenters. The van der Waals surface area contributed by atoms with Crippen molar-refractivity contribution in [2.45, 2.75) is 6.54 Å². The van der Waals surface area contributed by atoms with Gasteiger partial charge in [-0.25, -0.2) is 0 Å². The summed E-state index contributed by atoms with van der Waals surface area (Å²) in [6.45, 7) is 2.23. The zero-order valence-corrected chi connectivity index (χ0v) is 19.1. The van der Waals surface area contributed by atoms with E-state index >= 15 is 0 Å². The minimum absolute atomic E-state index is 0.0470. The summed E-state index contributed by atoms with van der Waals surface area (Å²) in [6.07, 6.45) is 1.61. The van der Waals surface area contributed by atoms with Gasteiger partial charge in [0.2, 0.25) is 5.91 Å². The number of benzene rings is 3. The Morgan fingerprint density at radius 2 is 1.51 bits per heavy atom. The molecule has 1 saturated heterocycles. The summed E-state index contributed by atoms with van der Waals surface area (Å²) in [6, 6.07) is 24.4. The number of nitrogens with one attached hydrogen (secondary N) is 1. The first-order valence-electron chi connectivity index (χ1n) is 11.6. The highest BCUT2D eigenvalue weighted by Gasteiger charge is 2.24. The van der Waals surface area contributed by atoms with Gasteiger partial charge in [0.25, 0.3) is 11.7 Å². The number of para-hydroxylation sites is 2. The van der Waals surface area contributed by atoms with Crippen molar-refractivity contribution in [1.82, 2.24) is 9.47 Å². The fourth-order valence-corrected chi connectivity index (χ4v) is 4.38. The number of Topliss-reactive ketones (excluding diaryl/α,β-unsaturated/α-hetero) is 1. The number of nitrogens with zero attached hydrogens (tertiary/aromatic N) is 2. The van der Waals surface area contributed by atoms with E-state index in [-0.39, 0.29) is 18.0 Å². The van der Waals surface area contributed by atoms with Crippen LogP contribution >= 0.6 is 0 Å². The van der Waals surface area contributed by atoms with E-state index < -0.39 is 11.7 Å². The molecule has 176 valence electrons. The van der Waals surface area contributed by atoms with Gasteiger partial charge in [0, 0.05) is 41.4 Å². The van der Waals surface area contributed by atoms with Crippen molar-refractivity contribution < 1.29 is 19.1 Å². The maximum atomic E-state index is 13.3. The maximum absolute atomic E-state index is 13.3. The topological polar surface area (TPSA) is 80.6 Å². The van der Waals surface area contributed by atoms with Crippen LogP contribution in [0, 0.1) is 0 Å². The van der Waals surface area contributed by atoms with Crippen molar-refractivity contribution in [2.24, 2.45) is 0 Å².